The summed E-state index contributed by atoms with van der Waals surface area (Å²) in [5.74, 6) is -0.157. The van der Waals surface area contributed by atoms with E-state index in [1.807, 2.05) is 19.1 Å². The summed E-state index contributed by atoms with van der Waals surface area (Å²) in [4.78, 5) is 15.4. The SMILES string of the molecule is C/C=C/CNC(=O)c1ccc(Br)cn1. The molecule has 3 nitrogen and oxygen atoms in total. The zero-order valence-corrected chi connectivity index (χ0v) is 9.41. The molecule has 0 saturated carbocycles. The van der Waals surface area contributed by atoms with Gasteiger partial charge in [0, 0.05) is 17.2 Å². The number of carbonyl (C=O) groups excluding carboxylic acids is 1. The molecule has 0 unspecified atom stereocenters. The highest BCUT2D eigenvalue weighted by atomic mass is 79.9. The fourth-order valence-electron chi connectivity index (χ4n) is 0.870. The first-order valence-electron chi connectivity index (χ1n) is 4.25. The molecule has 14 heavy (non-hydrogen) atoms. The predicted molar refractivity (Wildman–Crippen MR) is 59.1 cm³/mol. The Balaban J connectivity index is 2.56. The number of hydrogen-bond donors (Lipinski definition) is 1. The molecule has 0 aliphatic carbocycles. The van der Waals surface area contributed by atoms with Crippen molar-refractivity contribution in [2.75, 3.05) is 6.54 Å². The van der Waals surface area contributed by atoms with Gasteiger partial charge in [0.2, 0.25) is 0 Å². The molecular weight excluding hydrogens is 244 g/mol. The minimum absolute atomic E-state index is 0.157. The molecule has 1 heterocycles. The molecule has 1 rings (SSSR count). The molecule has 74 valence electrons. The molecule has 0 saturated heterocycles. The first kappa shape index (κ1) is 10.9. The van der Waals surface area contributed by atoms with Crippen LogP contribution in [0.2, 0.25) is 0 Å². The number of pyridine rings is 1. The quantitative estimate of drug-likeness (QED) is 0.841. The van der Waals surface area contributed by atoms with E-state index in [-0.39, 0.29) is 5.91 Å². The summed E-state index contributed by atoms with van der Waals surface area (Å²) in [6.07, 6.45) is 5.36. The van der Waals surface area contributed by atoms with Crippen LogP contribution in [-0.4, -0.2) is 17.4 Å². The summed E-state index contributed by atoms with van der Waals surface area (Å²) in [6, 6.07) is 3.46. The van der Waals surface area contributed by atoms with Gasteiger partial charge in [0.15, 0.2) is 0 Å². The van der Waals surface area contributed by atoms with Gasteiger partial charge in [-0.25, -0.2) is 4.98 Å². The molecule has 0 aliphatic heterocycles. The second-order valence-electron chi connectivity index (χ2n) is 2.64. The van der Waals surface area contributed by atoms with Crippen LogP contribution in [0.3, 0.4) is 0 Å². The van der Waals surface area contributed by atoms with E-state index in [0.29, 0.717) is 12.2 Å². The molecule has 4 heteroatoms. The third kappa shape index (κ3) is 3.30. The Morgan fingerprint density at radius 1 is 1.64 bits per heavy atom. The summed E-state index contributed by atoms with van der Waals surface area (Å²) in [6.45, 7) is 2.44. The maximum Gasteiger partial charge on any atom is 0.270 e. The number of halogens is 1. The maximum absolute atomic E-state index is 11.4. The van der Waals surface area contributed by atoms with E-state index in [1.54, 1.807) is 18.3 Å². The van der Waals surface area contributed by atoms with E-state index < -0.39 is 0 Å². The molecular formula is C10H11BrN2O. The molecule has 1 aromatic rings. The van der Waals surface area contributed by atoms with Crippen molar-refractivity contribution < 1.29 is 4.79 Å². The lowest BCUT2D eigenvalue weighted by atomic mass is 10.3. The van der Waals surface area contributed by atoms with Crippen LogP contribution in [0.5, 0.6) is 0 Å². The summed E-state index contributed by atoms with van der Waals surface area (Å²) in [5, 5.41) is 2.72. The van der Waals surface area contributed by atoms with Crippen LogP contribution in [0.15, 0.2) is 35.0 Å². The number of rotatable bonds is 3. The number of hydrogen-bond acceptors (Lipinski definition) is 2. The molecule has 1 aromatic heterocycles. The molecule has 0 aliphatic rings. The zero-order chi connectivity index (χ0) is 10.4. The maximum atomic E-state index is 11.4. The Morgan fingerprint density at radius 2 is 2.43 bits per heavy atom. The summed E-state index contributed by atoms with van der Waals surface area (Å²) >= 11 is 3.25. The number of amides is 1. The predicted octanol–water partition coefficient (Wildman–Crippen LogP) is 2.15. The van der Waals surface area contributed by atoms with Crippen molar-refractivity contribution in [3.8, 4) is 0 Å². The molecule has 0 fully saturated rings. The van der Waals surface area contributed by atoms with Gasteiger partial charge in [-0.2, -0.15) is 0 Å². The highest BCUT2D eigenvalue weighted by Crippen LogP contribution is 2.06. The van der Waals surface area contributed by atoms with Crippen LogP contribution in [0.4, 0.5) is 0 Å². The summed E-state index contributed by atoms with van der Waals surface area (Å²) in [7, 11) is 0. The standard InChI is InChI=1S/C10H11BrN2O/c1-2-3-6-12-10(14)9-5-4-8(11)7-13-9/h2-5,7H,6H2,1H3,(H,12,14)/b3-2+. The van der Waals surface area contributed by atoms with Gasteiger partial charge in [-0.05, 0) is 35.0 Å². The molecule has 1 amide bonds. The Labute approximate surface area is 91.4 Å². The van der Waals surface area contributed by atoms with Crippen LogP contribution >= 0.6 is 15.9 Å². The van der Waals surface area contributed by atoms with Gasteiger partial charge in [-0.15, -0.1) is 0 Å². The van der Waals surface area contributed by atoms with E-state index in [0.717, 1.165) is 4.47 Å². The van der Waals surface area contributed by atoms with E-state index in [4.69, 9.17) is 0 Å². The van der Waals surface area contributed by atoms with Gasteiger partial charge in [0.25, 0.3) is 5.91 Å². The molecule has 1 N–H and O–H groups in total. The number of nitrogens with one attached hydrogen (secondary N) is 1. The van der Waals surface area contributed by atoms with Gasteiger partial charge in [-0.1, -0.05) is 12.2 Å². The van der Waals surface area contributed by atoms with Crippen molar-refractivity contribution in [3.63, 3.8) is 0 Å². The average Bonchev–Trinajstić information content (AvgIpc) is 2.19. The van der Waals surface area contributed by atoms with Crippen molar-refractivity contribution >= 4 is 21.8 Å². The van der Waals surface area contributed by atoms with Gasteiger partial charge in [-0.3, -0.25) is 4.79 Å². The number of carbonyl (C=O) groups is 1. The largest absolute Gasteiger partial charge is 0.347 e. The van der Waals surface area contributed by atoms with Crippen molar-refractivity contribution in [2.24, 2.45) is 0 Å². The number of nitrogens with zero attached hydrogens (tertiary/aromatic N) is 1. The minimum atomic E-state index is -0.157. The lowest BCUT2D eigenvalue weighted by Crippen LogP contribution is -2.24. The first-order valence-corrected chi connectivity index (χ1v) is 5.04. The molecule has 0 atom stereocenters. The van der Waals surface area contributed by atoms with Crippen molar-refractivity contribution in [1.82, 2.24) is 10.3 Å². The van der Waals surface area contributed by atoms with Crippen LogP contribution in [0, 0.1) is 0 Å². The van der Waals surface area contributed by atoms with Crippen LogP contribution in [0.1, 0.15) is 17.4 Å². The fourth-order valence-corrected chi connectivity index (χ4v) is 1.10. The molecule has 0 spiro atoms. The molecule has 0 bridgehead atoms. The Kier molecular flexibility index (Phi) is 4.32. The fraction of sp³-hybridized carbons (Fsp3) is 0.200. The summed E-state index contributed by atoms with van der Waals surface area (Å²) in [5.41, 5.74) is 0.428. The van der Waals surface area contributed by atoms with E-state index in [9.17, 15) is 4.79 Å². The zero-order valence-electron chi connectivity index (χ0n) is 7.83. The normalized spacial score (nSPS) is 10.4. The summed E-state index contributed by atoms with van der Waals surface area (Å²) < 4.78 is 0.863. The topological polar surface area (TPSA) is 42.0 Å². The average molecular weight is 255 g/mol. The van der Waals surface area contributed by atoms with Gasteiger partial charge in [0.05, 0.1) is 0 Å². The Bertz CT molecular complexity index is 332. The monoisotopic (exact) mass is 254 g/mol. The van der Waals surface area contributed by atoms with Crippen LogP contribution < -0.4 is 5.32 Å². The van der Waals surface area contributed by atoms with E-state index in [1.165, 1.54) is 0 Å². The second kappa shape index (κ2) is 5.54. The lowest BCUT2D eigenvalue weighted by molar-refractivity contribution is 0.0953. The highest BCUT2D eigenvalue weighted by Gasteiger charge is 2.04. The Morgan fingerprint density at radius 3 is 3.00 bits per heavy atom. The smallest absolute Gasteiger partial charge is 0.270 e. The van der Waals surface area contributed by atoms with Gasteiger partial charge >= 0.3 is 0 Å². The molecule has 0 aromatic carbocycles. The van der Waals surface area contributed by atoms with Crippen molar-refractivity contribution in [3.05, 3.63) is 40.6 Å². The minimum Gasteiger partial charge on any atom is -0.347 e. The third-order valence-electron chi connectivity index (χ3n) is 1.58. The van der Waals surface area contributed by atoms with E-state index >= 15 is 0 Å². The van der Waals surface area contributed by atoms with Gasteiger partial charge in [0.1, 0.15) is 5.69 Å². The van der Waals surface area contributed by atoms with Crippen LogP contribution in [-0.2, 0) is 0 Å². The first-order chi connectivity index (χ1) is 6.74. The lowest BCUT2D eigenvalue weighted by Gasteiger charge is -2.00. The highest BCUT2D eigenvalue weighted by molar-refractivity contribution is 9.10. The second-order valence-corrected chi connectivity index (χ2v) is 3.56. The molecule has 0 radical (unpaired) electrons. The van der Waals surface area contributed by atoms with Crippen molar-refractivity contribution in [2.45, 2.75) is 6.92 Å². The van der Waals surface area contributed by atoms with Crippen LogP contribution in [0.25, 0.3) is 0 Å². The Hall–Kier alpha value is -1.16. The van der Waals surface area contributed by atoms with E-state index in [2.05, 4.69) is 26.2 Å². The van der Waals surface area contributed by atoms with Gasteiger partial charge < -0.3 is 5.32 Å². The third-order valence-corrected chi connectivity index (χ3v) is 2.05. The van der Waals surface area contributed by atoms with Crippen molar-refractivity contribution in [1.29, 1.82) is 0 Å². The number of aromatic nitrogens is 1. The number of allylic oxidation sites excluding steroid dienone is 1.